The summed E-state index contributed by atoms with van der Waals surface area (Å²) in [5.74, 6) is -1.56. The van der Waals surface area contributed by atoms with Gasteiger partial charge in [0.1, 0.15) is 11.6 Å². The first-order valence-electron chi connectivity index (χ1n) is 5.92. The molecular formula is C15H12BrClF2O. The van der Waals surface area contributed by atoms with Crippen LogP contribution < -0.4 is 0 Å². The molecule has 106 valence electrons. The predicted octanol–water partition coefficient (Wildman–Crippen LogP) is 4.83. The van der Waals surface area contributed by atoms with Crippen LogP contribution >= 0.6 is 27.5 Å². The quantitative estimate of drug-likeness (QED) is 0.776. The maximum Gasteiger partial charge on any atom is 0.146 e. The van der Waals surface area contributed by atoms with Crippen molar-refractivity contribution in [1.29, 1.82) is 0 Å². The Morgan fingerprint density at radius 3 is 2.35 bits per heavy atom. The normalized spacial score (nSPS) is 14.1. The zero-order valence-electron chi connectivity index (χ0n) is 10.6. The van der Waals surface area contributed by atoms with Crippen LogP contribution in [0.15, 0.2) is 40.9 Å². The highest BCUT2D eigenvalue weighted by Gasteiger charge is 2.31. The van der Waals surface area contributed by atoms with E-state index in [2.05, 4.69) is 15.9 Å². The molecule has 1 unspecified atom stereocenters. The van der Waals surface area contributed by atoms with Gasteiger partial charge in [-0.1, -0.05) is 23.7 Å². The van der Waals surface area contributed by atoms with Gasteiger partial charge in [-0.3, -0.25) is 0 Å². The van der Waals surface area contributed by atoms with Crippen molar-refractivity contribution in [3.05, 3.63) is 68.7 Å². The fraction of sp³-hybridized carbons (Fsp3) is 0.200. The van der Waals surface area contributed by atoms with Gasteiger partial charge in [0, 0.05) is 11.4 Å². The molecule has 0 aliphatic rings. The molecule has 0 fully saturated rings. The molecule has 0 amide bonds. The Bertz CT molecular complexity index is 627. The minimum atomic E-state index is -1.66. The van der Waals surface area contributed by atoms with Crippen molar-refractivity contribution >= 4 is 27.5 Å². The average Bonchev–Trinajstić information content (AvgIpc) is 2.37. The van der Waals surface area contributed by atoms with Gasteiger partial charge in [-0.2, -0.15) is 0 Å². The van der Waals surface area contributed by atoms with Crippen molar-refractivity contribution < 1.29 is 13.9 Å². The van der Waals surface area contributed by atoms with Gasteiger partial charge < -0.3 is 5.11 Å². The third kappa shape index (κ3) is 3.19. The number of hydrogen-bond acceptors (Lipinski definition) is 1. The summed E-state index contributed by atoms with van der Waals surface area (Å²) in [5.41, 5.74) is -1.27. The molecule has 0 saturated heterocycles. The van der Waals surface area contributed by atoms with Crippen LogP contribution in [0.25, 0.3) is 0 Å². The lowest BCUT2D eigenvalue weighted by Crippen LogP contribution is -2.27. The third-order valence-corrected chi connectivity index (χ3v) is 3.91. The second-order valence-electron chi connectivity index (χ2n) is 4.80. The highest BCUT2D eigenvalue weighted by Crippen LogP contribution is 2.33. The Morgan fingerprint density at radius 1 is 1.15 bits per heavy atom. The van der Waals surface area contributed by atoms with Crippen molar-refractivity contribution in [1.82, 2.24) is 0 Å². The molecule has 1 atom stereocenters. The lowest BCUT2D eigenvalue weighted by molar-refractivity contribution is 0.0496. The van der Waals surface area contributed by atoms with Crippen LogP contribution in [0.1, 0.15) is 18.1 Å². The summed E-state index contributed by atoms with van der Waals surface area (Å²) in [7, 11) is 0. The topological polar surface area (TPSA) is 20.2 Å². The highest BCUT2D eigenvalue weighted by atomic mass is 79.9. The first-order chi connectivity index (χ1) is 9.31. The second-order valence-corrected chi connectivity index (χ2v) is 6.09. The highest BCUT2D eigenvalue weighted by molar-refractivity contribution is 9.10. The van der Waals surface area contributed by atoms with Crippen LogP contribution in [0, 0.1) is 11.6 Å². The molecule has 0 spiro atoms. The Kier molecular flexibility index (Phi) is 4.47. The van der Waals surface area contributed by atoms with E-state index in [1.54, 1.807) is 24.3 Å². The number of benzene rings is 2. The summed E-state index contributed by atoms with van der Waals surface area (Å²) in [6.07, 6.45) is 0.0778. The van der Waals surface area contributed by atoms with Crippen molar-refractivity contribution in [2.75, 3.05) is 0 Å². The van der Waals surface area contributed by atoms with Gasteiger partial charge in [-0.15, -0.1) is 0 Å². The largest absolute Gasteiger partial charge is 0.385 e. The van der Waals surface area contributed by atoms with Gasteiger partial charge in [0.25, 0.3) is 0 Å². The van der Waals surface area contributed by atoms with Gasteiger partial charge in [0.2, 0.25) is 0 Å². The molecule has 1 nitrogen and oxygen atoms in total. The van der Waals surface area contributed by atoms with Crippen LogP contribution in [0.3, 0.4) is 0 Å². The zero-order valence-corrected chi connectivity index (χ0v) is 13.0. The van der Waals surface area contributed by atoms with E-state index >= 15 is 0 Å². The molecule has 20 heavy (non-hydrogen) atoms. The van der Waals surface area contributed by atoms with E-state index in [0.29, 0.717) is 5.02 Å². The predicted molar refractivity (Wildman–Crippen MR) is 78.8 cm³/mol. The van der Waals surface area contributed by atoms with E-state index < -0.39 is 17.2 Å². The molecule has 2 aromatic rings. The fourth-order valence-electron chi connectivity index (χ4n) is 2.11. The average molecular weight is 362 g/mol. The van der Waals surface area contributed by atoms with Gasteiger partial charge >= 0.3 is 0 Å². The van der Waals surface area contributed by atoms with Crippen molar-refractivity contribution in [2.45, 2.75) is 18.9 Å². The molecule has 0 aromatic heterocycles. The molecule has 0 saturated carbocycles. The number of rotatable bonds is 3. The maximum atomic E-state index is 14.1. The zero-order chi connectivity index (χ0) is 14.9. The minimum absolute atomic E-state index is 0.0778. The van der Waals surface area contributed by atoms with E-state index in [9.17, 15) is 13.9 Å². The summed E-state index contributed by atoms with van der Waals surface area (Å²) in [5, 5.41) is 11.0. The van der Waals surface area contributed by atoms with Crippen LogP contribution in [-0.2, 0) is 12.0 Å². The van der Waals surface area contributed by atoms with Crippen molar-refractivity contribution in [2.24, 2.45) is 0 Å². The van der Waals surface area contributed by atoms with Crippen molar-refractivity contribution in [3.63, 3.8) is 0 Å². The van der Waals surface area contributed by atoms with Crippen LogP contribution in [0.4, 0.5) is 8.78 Å². The van der Waals surface area contributed by atoms with Crippen molar-refractivity contribution in [3.8, 4) is 0 Å². The molecule has 0 aliphatic carbocycles. The lowest BCUT2D eigenvalue weighted by Gasteiger charge is -2.25. The molecule has 2 aromatic carbocycles. The Labute approximate surface area is 129 Å². The van der Waals surface area contributed by atoms with E-state index in [4.69, 9.17) is 11.6 Å². The van der Waals surface area contributed by atoms with E-state index in [1.807, 2.05) is 0 Å². The second kappa shape index (κ2) is 5.80. The number of hydrogen-bond donors (Lipinski definition) is 1. The van der Waals surface area contributed by atoms with E-state index in [-0.39, 0.29) is 16.5 Å². The molecule has 0 bridgehead atoms. The number of aliphatic hydroxyl groups is 1. The van der Waals surface area contributed by atoms with Gasteiger partial charge in [-0.25, -0.2) is 8.78 Å². The summed E-state index contributed by atoms with van der Waals surface area (Å²) >= 11 is 8.78. The molecule has 0 radical (unpaired) electrons. The summed E-state index contributed by atoms with van der Waals surface area (Å²) in [6, 6.07) is 9.15. The molecule has 5 heteroatoms. The Hall–Kier alpha value is -0.970. The standard InChI is InChI=1S/C15H12BrClF2O/c1-15(20,8-9-2-4-10(17)5-3-9)13-12(18)7-6-11(16)14(13)19/h2-7,20H,8H2,1H3. The monoisotopic (exact) mass is 360 g/mol. The fourth-order valence-corrected chi connectivity index (χ4v) is 2.57. The third-order valence-electron chi connectivity index (χ3n) is 3.04. The van der Waals surface area contributed by atoms with Crippen LogP contribution in [0.2, 0.25) is 5.02 Å². The molecule has 2 rings (SSSR count). The molecular weight excluding hydrogens is 350 g/mol. The molecule has 1 N–H and O–H groups in total. The van der Waals surface area contributed by atoms with Crippen LogP contribution in [0.5, 0.6) is 0 Å². The summed E-state index contributed by atoms with van der Waals surface area (Å²) < 4.78 is 28.0. The van der Waals surface area contributed by atoms with Gasteiger partial charge in [-0.05, 0) is 52.7 Å². The minimum Gasteiger partial charge on any atom is -0.385 e. The smallest absolute Gasteiger partial charge is 0.146 e. The number of halogens is 4. The van der Waals surface area contributed by atoms with Crippen LogP contribution in [-0.4, -0.2) is 5.11 Å². The van der Waals surface area contributed by atoms with E-state index in [0.717, 1.165) is 11.6 Å². The SMILES string of the molecule is CC(O)(Cc1ccc(Cl)cc1)c1c(F)ccc(Br)c1F. The summed E-state index contributed by atoms with van der Waals surface area (Å²) in [4.78, 5) is 0. The van der Waals surface area contributed by atoms with Gasteiger partial charge in [0.15, 0.2) is 0 Å². The van der Waals surface area contributed by atoms with E-state index in [1.165, 1.54) is 13.0 Å². The molecule has 0 aliphatic heterocycles. The lowest BCUT2D eigenvalue weighted by atomic mass is 9.88. The maximum absolute atomic E-state index is 14.1. The Morgan fingerprint density at radius 2 is 1.75 bits per heavy atom. The first-order valence-corrected chi connectivity index (χ1v) is 7.09. The van der Waals surface area contributed by atoms with Gasteiger partial charge in [0.05, 0.1) is 15.6 Å². The molecule has 0 heterocycles. The first kappa shape index (κ1) is 15.4. The Balaban J connectivity index is 2.40. The summed E-state index contributed by atoms with van der Waals surface area (Å²) in [6.45, 7) is 1.38.